The Hall–Kier alpha value is -2.25. The Morgan fingerprint density at radius 1 is 1.06 bits per heavy atom. The summed E-state index contributed by atoms with van der Waals surface area (Å²) >= 11 is 3.53. The average Bonchev–Trinajstić information content (AvgIpc) is 2.79. The van der Waals surface area contributed by atoms with E-state index in [9.17, 15) is 14.0 Å². The molecule has 2 aliphatic rings. The van der Waals surface area contributed by atoms with E-state index < -0.39 is 0 Å². The third kappa shape index (κ3) is 5.95. The molecule has 2 heterocycles. The summed E-state index contributed by atoms with van der Waals surface area (Å²) in [4.78, 5) is 28.8. The van der Waals surface area contributed by atoms with Crippen LogP contribution in [0.4, 0.5) is 9.18 Å². The van der Waals surface area contributed by atoms with Gasteiger partial charge in [-0.1, -0.05) is 46.3 Å². The molecule has 4 rings (SSSR count). The monoisotopic (exact) mass is 501 g/mol. The van der Waals surface area contributed by atoms with E-state index in [-0.39, 0.29) is 23.8 Å². The SMILES string of the molecule is O=C1CC(CCN2CCC(Cc3cc(F)ccc3Br)CC2)NC(=O)N1Cc1ccccc1. The van der Waals surface area contributed by atoms with Gasteiger partial charge in [0.2, 0.25) is 5.91 Å². The van der Waals surface area contributed by atoms with Gasteiger partial charge < -0.3 is 10.2 Å². The summed E-state index contributed by atoms with van der Waals surface area (Å²) in [6.07, 6.45) is 4.16. The number of nitrogens with zero attached hydrogens (tertiary/aromatic N) is 2. The summed E-state index contributed by atoms with van der Waals surface area (Å²) < 4.78 is 14.5. The molecule has 0 saturated carbocycles. The quantitative estimate of drug-likeness (QED) is 0.595. The zero-order chi connectivity index (χ0) is 22.5. The number of hydrogen-bond acceptors (Lipinski definition) is 3. The number of piperidine rings is 1. The van der Waals surface area contributed by atoms with Crippen molar-refractivity contribution >= 4 is 27.9 Å². The molecule has 7 heteroatoms. The second kappa shape index (κ2) is 10.6. The van der Waals surface area contributed by atoms with E-state index in [1.165, 1.54) is 11.0 Å². The number of halogens is 2. The number of urea groups is 1. The van der Waals surface area contributed by atoms with Gasteiger partial charge in [0.25, 0.3) is 0 Å². The van der Waals surface area contributed by atoms with E-state index >= 15 is 0 Å². The standard InChI is InChI=1S/C25H29BrFN3O2/c26-23-7-6-21(27)15-20(23)14-18-8-11-29(12-9-18)13-10-22-16-24(31)30(25(32)28-22)17-19-4-2-1-3-5-19/h1-7,15,18,22H,8-14,16-17H2,(H,28,32). The Morgan fingerprint density at radius 2 is 1.81 bits per heavy atom. The van der Waals surface area contributed by atoms with Gasteiger partial charge >= 0.3 is 6.03 Å². The molecule has 2 fully saturated rings. The highest BCUT2D eigenvalue weighted by Gasteiger charge is 2.32. The first-order valence-corrected chi connectivity index (χ1v) is 12.1. The molecule has 2 aromatic rings. The maximum atomic E-state index is 13.5. The maximum absolute atomic E-state index is 13.5. The van der Waals surface area contributed by atoms with E-state index in [1.807, 2.05) is 30.3 Å². The highest BCUT2D eigenvalue weighted by molar-refractivity contribution is 9.10. The summed E-state index contributed by atoms with van der Waals surface area (Å²) in [5.74, 6) is 0.251. The number of amides is 3. The minimum absolute atomic E-state index is 0.108. The number of carbonyl (C=O) groups excluding carboxylic acids is 2. The highest BCUT2D eigenvalue weighted by Crippen LogP contribution is 2.27. The molecule has 2 saturated heterocycles. The first kappa shape index (κ1) is 22.9. The van der Waals surface area contributed by atoms with E-state index in [2.05, 4.69) is 26.1 Å². The zero-order valence-corrected chi connectivity index (χ0v) is 19.7. The predicted molar refractivity (Wildman–Crippen MR) is 126 cm³/mol. The van der Waals surface area contributed by atoms with Gasteiger partial charge in [-0.05, 0) is 74.0 Å². The summed E-state index contributed by atoms with van der Waals surface area (Å²) in [5.41, 5.74) is 1.98. The number of rotatable bonds is 7. The van der Waals surface area contributed by atoms with E-state index in [0.717, 1.165) is 60.9 Å². The lowest BCUT2D eigenvalue weighted by Gasteiger charge is -2.35. The normalized spacial score (nSPS) is 20.4. The lowest BCUT2D eigenvalue weighted by atomic mass is 9.90. The Kier molecular flexibility index (Phi) is 7.58. The molecule has 2 aliphatic heterocycles. The van der Waals surface area contributed by atoms with Crippen LogP contribution >= 0.6 is 15.9 Å². The van der Waals surface area contributed by atoms with Crippen LogP contribution in [0.15, 0.2) is 53.0 Å². The Bertz CT molecular complexity index is 929. The fourth-order valence-electron chi connectivity index (χ4n) is 4.60. The lowest BCUT2D eigenvalue weighted by molar-refractivity contribution is -0.130. The molecule has 32 heavy (non-hydrogen) atoms. The lowest BCUT2D eigenvalue weighted by Crippen LogP contribution is -2.54. The van der Waals surface area contributed by atoms with E-state index in [0.29, 0.717) is 18.9 Å². The Labute approximate surface area is 197 Å². The second-order valence-corrected chi connectivity index (χ2v) is 9.68. The molecule has 5 nitrogen and oxygen atoms in total. The zero-order valence-electron chi connectivity index (χ0n) is 18.1. The molecular formula is C25H29BrFN3O2. The van der Waals surface area contributed by atoms with Crippen LogP contribution < -0.4 is 5.32 Å². The summed E-state index contributed by atoms with van der Waals surface area (Å²) in [5, 5.41) is 3.01. The Balaban J connectivity index is 1.20. The summed E-state index contributed by atoms with van der Waals surface area (Å²) in [6.45, 7) is 3.17. The van der Waals surface area contributed by atoms with Gasteiger partial charge in [0.1, 0.15) is 5.82 Å². The van der Waals surface area contributed by atoms with Gasteiger partial charge in [-0.15, -0.1) is 0 Å². The third-order valence-corrected chi connectivity index (χ3v) is 7.27. The number of imide groups is 1. The van der Waals surface area contributed by atoms with Gasteiger partial charge in [0.05, 0.1) is 6.54 Å². The van der Waals surface area contributed by atoms with Crippen LogP contribution in [0.2, 0.25) is 0 Å². The number of nitrogens with one attached hydrogen (secondary N) is 1. The molecule has 3 amide bonds. The molecule has 170 valence electrons. The van der Waals surface area contributed by atoms with E-state index in [4.69, 9.17) is 0 Å². The van der Waals surface area contributed by atoms with Crippen molar-refractivity contribution in [3.05, 3.63) is 69.9 Å². The minimum Gasteiger partial charge on any atom is -0.334 e. The van der Waals surface area contributed by atoms with Gasteiger partial charge in [0, 0.05) is 23.5 Å². The molecule has 0 bridgehead atoms. The average molecular weight is 502 g/mol. The molecule has 2 aromatic carbocycles. The fourth-order valence-corrected chi connectivity index (χ4v) is 5.01. The van der Waals surface area contributed by atoms with Gasteiger partial charge in [-0.2, -0.15) is 0 Å². The first-order valence-electron chi connectivity index (χ1n) is 11.3. The van der Waals surface area contributed by atoms with Gasteiger partial charge in [0.15, 0.2) is 0 Å². The Morgan fingerprint density at radius 3 is 2.53 bits per heavy atom. The molecule has 1 atom stereocenters. The maximum Gasteiger partial charge on any atom is 0.324 e. The van der Waals surface area contributed by atoms with Crippen LogP contribution in [0.1, 0.15) is 36.8 Å². The topological polar surface area (TPSA) is 52.7 Å². The van der Waals surface area contributed by atoms with Crippen molar-refractivity contribution in [2.24, 2.45) is 5.92 Å². The van der Waals surface area contributed by atoms with Crippen molar-refractivity contribution in [2.75, 3.05) is 19.6 Å². The van der Waals surface area contributed by atoms with Crippen molar-refractivity contribution in [1.82, 2.24) is 15.1 Å². The summed E-state index contributed by atoms with van der Waals surface area (Å²) in [7, 11) is 0. The summed E-state index contributed by atoms with van der Waals surface area (Å²) in [6, 6.07) is 14.0. The molecule has 0 aliphatic carbocycles. The second-order valence-electron chi connectivity index (χ2n) is 8.83. The largest absolute Gasteiger partial charge is 0.334 e. The van der Waals surface area contributed by atoms with Crippen molar-refractivity contribution in [1.29, 1.82) is 0 Å². The van der Waals surface area contributed by atoms with Crippen LogP contribution in [0.3, 0.4) is 0 Å². The molecule has 0 radical (unpaired) electrons. The first-order chi connectivity index (χ1) is 15.5. The number of likely N-dealkylation sites (tertiary alicyclic amines) is 1. The van der Waals surface area contributed by atoms with Crippen LogP contribution in [-0.2, 0) is 17.8 Å². The van der Waals surface area contributed by atoms with Crippen molar-refractivity contribution < 1.29 is 14.0 Å². The van der Waals surface area contributed by atoms with Crippen molar-refractivity contribution in [3.8, 4) is 0 Å². The molecule has 1 unspecified atom stereocenters. The van der Waals surface area contributed by atoms with Gasteiger partial charge in [-0.25, -0.2) is 9.18 Å². The van der Waals surface area contributed by atoms with Crippen LogP contribution in [-0.4, -0.2) is 47.4 Å². The third-order valence-electron chi connectivity index (χ3n) is 6.50. The molecule has 1 N–H and O–H groups in total. The highest BCUT2D eigenvalue weighted by atomic mass is 79.9. The molecule has 0 spiro atoms. The number of carbonyl (C=O) groups is 2. The molecular weight excluding hydrogens is 473 g/mol. The van der Waals surface area contributed by atoms with Gasteiger partial charge in [-0.3, -0.25) is 9.69 Å². The predicted octanol–water partition coefficient (Wildman–Crippen LogP) is 4.74. The van der Waals surface area contributed by atoms with Crippen molar-refractivity contribution in [2.45, 2.75) is 44.7 Å². The fraction of sp³-hybridized carbons (Fsp3) is 0.440. The van der Waals surface area contributed by atoms with Crippen LogP contribution in [0.25, 0.3) is 0 Å². The number of benzene rings is 2. The minimum atomic E-state index is -0.297. The smallest absolute Gasteiger partial charge is 0.324 e. The van der Waals surface area contributed by atoms with Crippen molar-refractivity contribution in [3.63, 3.8) is 0 Å². The van der Waals surface area contributed by atoms with Crippen LogP contribution in [0.5, 0.6) is 0 Å². The number of hydrogen-bond donors (Lipinski definition) is 1. The van der Waals surface area contributed by atoms with Crippen LogP contribution in [0, 0.1) is 11.7 Å². The molecule has 0 aromatic heterocycles. The van der Waals surface area contributed by atoms with E-state index in [1.54, 1.807) is 12.1 Å².